The number of anilines is 1. The minimum Gasteiger partial charge on any atom is -0.451 e. The van der Waals surface area contributed by atoms with Gasteiger partial charge in [-0.2, -0.15) is 0 Å². The number of nitrogens with zero attached hydrogens (tertiary/aromatic N) is 1. The topological polar surface area (TPSA) is 33.5 Å². The molecule has 0 aliphatic carbocycles. The lowest BCUT2D eigenvalue weighted by atomic mass is 10.2. The van der Waals surface area contributed by atoms with Gasteiger partial charge in [0.2, 0.25) is 0 Å². The van der Waals surface area contributed by atoms with Crippen LogP contribution in [0.25, 0.3) is 11.0 Å². The lowest BCUT2D eigenvalue weighted by molar-refractivity contribution is 0.0968. The van der Waals surface area contributed by atoms with E-state index in [9.17, 15) is 4.79 Å². The van der Waals surface area contributed by atoms with Crippen molar-refractivity contribution in [2.45, 2.75) is 6.92 Å². The Hall–Kier alpha value is -2.55. The summed E-state index contributed by atoms with van der Waals surface area (Å²) in [6, 6.07) is 17.2. The van der Waals surface area contributed by atoms with Gasteiger partial charge in [-0.25, -0.2) is 0 Å². The van der Waals surface area contributed by atoms with E-state index in [-0.39, 0.29) is 5.91 Å². The van der Waals surface area contributed by atoms with Crippen molar-refractivity contribution in [3.63, 3.8) is 0 Å². The first-order chi connectivity index (χ1) is 9.65. The fourth-order valence-electron chi connectivity index (χ4n) is 2.18. The highest BCUT2D eigenvalue weighted by atomic mass is 16.3. The van der Waals surface area contributed by atoms with Gasteiger partial charge in [-0.15, -0.1) is 0 Å². The molecule has 0 N–H and O–H groups in total. The number of carbonyl (C=O) groups is 1. The summed E-state index contributed by atoms with van der Waals surface area (Å²) in [6.45, 7) is 2.00. The molecule has 0 saturated heterocycles. The zero-order valence-electron chi connectivity index (χ0n) is 11.5. The summed E-state index contributed by atoms with van der Waals surface area (Å²) in [5.41, 5.74) is 2.70. The zero-order chi connectivity index (χ0) is 14.1. The van der Waals surface area contributed by atoms with Crippen molar-refractivity contribution >= 4 is 22.6 Å². The van der Waals surface area contributed by atoms with E-state index < -0.39 is 0 Å². The van der Waals surface area contributed by atoms with E-state index in [1.807, 2.05) is 55.5 Å². The average Bonchev–Trinajstić information content (AvgIpc) is 2.89. The Morgan fingerprint density at radius 1 is 1.05 bits per heavy atom. The molecular weight excluding hydrogens is 250 g/mol. The summed E-state index contributed by atoms with van der Waals surface area (Å²) in [6.07, 6.45) is 0. The first-order valence-corrected chi connectivity index (χ1v) is 6.48. The summed E-state index contributed by atoms with van der Waals surface area (Å²) in [4.78, 5) is 14.0. The van der Waals surface area contributed by atoms with Crippen molar-refractivity contribution in [2.75, 3.05) is 11.9 Å². The minimum atomic E-state index is -0.148. The first kappa shape index (κ1) is 12.5. The summed E-state index contributed by atoms with van der Waals surface area (Å²) in [7, 11) is 1.75. The Morgan fingerprint density at radius 3 is 2.55 bits per heavy atom. The molecule has 3 rings (SSSR count). The number of hydrogen-bond acceptors (Lipinski definition) is 2. The zero-order valence-corrected chi connectivity index (χ0v) is 11.5. The number of benzene rings is 2. The monoisotopic (exact) mass is 265 g/mol. The molecule has 3 nitrogen and oxygen atoms in total. The predicted molar refractivity (Wildman–Crippen MR) is 80.1 cm³/mol. The van der Waals surface area contributed by atoms with E-state index in [0.717, 1.165) is 22.2 Å². The van der Waals surface area contributed by atoms with Crippen LogP contribution < -0.4 is 4.90 Å². The van der Waals surface area contributed by atoms with E-state index in [0.29, 0.717) is 5.76 Å². The molecule has 3 heteroatoms. The van der Waals surface area contributed by atoms with Gasteiger partial charge in [0.05, 0.1) is 0 Å². The average molecular weight is 265 g/mol. The van der Waals surface area contributed by atoms with Crippen LogP contribution in [0.3, 0.4) is 0 Å². The molecule has 3 aromatic rings. The fraction of sp³-hybridized carbons (Fsp3) is 0.118. The van der Waals surface area contributed by atoms with Gasteiger partial charge in [-0.1, -0.05) is 30.3 Å². The Balaban J connectivity index is 1.96. The maximum absolute atomic E-state index is 12.4. The van der Waals surface area contributed by atoms with Crippen LogP contribution in [-0.4, -0.2) is 13.0 Å². The van der Waals surface area contributed by atoms with Crippen LogP contribution in [0.5, 0.6) is 0 Å². The van der Waals surface area contributed by atoms with Crippen LogP contribution in [0.15, 0.2) is 59.0 Å². The quantitative estimate of drug-likeness (QED) is 0.701. The highest BCUT2D eigenvalue weighted by Gasteiger charge is 2.17. The molecule has 0 fully saturated rings. The van der Waals surface area contributed by atoms with Crippen LogP contribution in [0.4, 0.5) is 5.69 Å². The Morgan fingerprint density at radius 2 is 1.80 bits per heavy atom. The van der Waals surface area contributed by atoms with Crippen molar-refractivity contribution in [2.24, 2.45) is 0 Å². The minimum absolute atomic E-state index is 0.148. The second kappa shape index (κ2) is 4.85. The highest BCUT2D eigenvalue weighted by Crippen LogP contribution is 2.23. The summed E-state index contributed by atoms with van der Waals surface area (Å²) in [5, 5.41) is 0.945. The van der Waals surface area contributed by atoms with Crippen molar-refractivity contribution in [3.8, 4) is 0 Å². The molecule has 1 heterocycles. The fourth-order valence-corrected chi connectivity index (χ4v) is 2.18. The second-order valence-corrected chi connectivity index (χ2v) is 4.85. The molecule has 0 atom stereocenters. The number of furan rings is 1. The van der Waals surface area contributed by atoms with Crippen molar-refractivity contribution in [3.05, 3.63) is 65.9 Å². The summed E-state index contributed by atoms with van der Waals surface area (Å²) in [5.74, 6) is 0.210. The molecule has 0 bridgehead atoms. The van der Waals surface area contributed by atoms with E-state index >= 15 is 0 Å². The molecule has 1 aromatic heterocycles. The normalized spacial score (nSPS) is 10.7. The van der Waals surface area contributed by atoms with Crippen molar-refractivity contribution in [1.82, 2.24) is 0 Å². The van der Waals surface area contributed by atoms with E-state index in [2.05, 4.69) is 0 Å². The Bertz CT molecular complexity index is 759. The summed E-state index contributed by atoms with van der Waals surface area (Å²) < 4.78 is 5.66. The lowest BCUT2D eigenvalue weighted by Crippen LogP contribution is -2.25. The third-order valence-electron chi connectivity index (χ3n) is 3.33. The molecule has 0 unspecified atom stereocenters. The third kappa shape index (κ3) is 2.18. The van der Waals surface area contributed by atoms with Crippen molar-refractivity contribution < 1.29 is 9.21 Å². The molecule has 100 valence electrons. The largest absolute Gasteiger partial charge is 0.451 e. The van der Waals surface area contributed by atoms with Crippen LogP contribution >= 0.6 is 0 Å². The molecule has 0 aliphatic heterocycles. The number of aryl methyl sites for hydroxylation is 1. The second-order valence-electron chi connectivity index (χ2n) is 4.85. The number of carbonyl (C=O) groups excluding carboxylic acids is 1. The molecular formula is C17H15NO2. The van der Waals surface area contributed by atoms with Crippen LogP contribution in [-0.2, 0) is 0 Å². The predicted octanol–water partition coefficient (Wildman–Crippen LogP) is 4.02. The molecule has 0 saturated carbocycles. The Kier molecular flexibility index (Phi) is 3.03. The van der Waals surface area contributed by atoms with Gasteiger partial charge in [-0.05, 0) is 36.8 Å². The van der Waals surface area contributed by atoms with Gasteiger partial charge >= 0.3 is 0 Å². The highest BCUT2D eigenvalue weighted by molar-refractivity contribution is 6.05. The molecule has 2 aromatic carbocycles. The van der Waals surface area contributed by atoms with Gasteiger partial charge in [0.15, 0.2) is 5.76 Å². The van der Waals surface area contributed by atoms with Crippen LogP contribution in [0, 0.1) is 6.92 Å². The van der Waals surface area contributed by atoms with Crippen LogP contribution in [0.1, 0.15) is 16.1 Å². The smallest absolute Gasteiger partial charge is 0.293 e. The van der Waals surface area contributed by atoms with Gasteiger partial charge < -0.3 is 9.32 Å². The molecule has 1 amide bonds. The SMILES string of the molecule is Cc1ccc2cc(C(=O)N(C)c3ccccc3)oc2c1. The standard InChI is InChI=1S/C17H15NO2/c1-12-8-9-13-11-16(20-15(13)10-12)17(19)18(2)14-6-4-3-5-7-14/h3-11H,1-2H3. The molecule has 20 heavy (non-hydrogen) atoms. The Labute approximate surface area is 117 Å². The molecule has 0 aliphatic rings. The number of hydrogen-bond donors (Lipinski definition) is 0. The maximum Gasteiger partial charge on any atom is 0.293 e. The molecule has 0 radical (unpaired) electrons. The summed E-state index contributed by atoms with van der Waals surface area (Å²) >= 11 is 0. The van der Waals surface area contributed by atoms with Crippen molar-refractivity contribution in [1.29, 1.82) is 0 Å². The van der Waals surface area contributed by atoms with E-state index in [4.69, 9.17) is 4.42 Å². The molecule has 0 spiro atoms. The maximum atomic E-state index is 12.4. The lowest BCUT2D eigenvalue weighted by Gasteiger charge is -2.15. The van der Waals surface area contributed by atoms with E-state index in [1.165, 1.54) is 0 Å². The number of rotatable bonds is 2. The number of para-hydroxylation sites is 1. The van der Waals surface area contributed by atoms with Gasteiger partial charge in [0.25, 0.3) is 5.91 Å². The van der Waals surface area contributed by atoms with E-state index in [1.54, 1.807) is 18.0 Å². The number of fused-ring (bicyclic) bond motifs is 1. The third-order valence-corrected chi connectivity index (χ3v) is 3.33. The van der Waals surface area contributed by atoms with Gasteiger partial charge in [0, 0.05) is 18.1 Å². The van der Waals surface area contributed by atoms with Crippen LogP contribution in [0.2, 0.25) is 0 Å². The van der Waals surface area contributed by atoms with Gasteiger partial charge in [-0.3, -0.25) is 4.79 Å². The van der Waals surface area contributed by atoms with Gasteiger partial charge in [0.1, 0.15) is 5.58 Å². The first-order valence-electron chi connectivity index (χ1n) is 6.48. The number of amides is 1.